The fraction of sp³-hybridized carbons (Fsp3) is 0.222. The number of rotatable bonds is 5. The molecule has 0 aliphatic carbocycles. The van der Waals surface area contributed by atoms with E-state index in [1.807, 2.05) is 0 Å². The van der Waals surface area contributed by atoms with Crippen molar-refractivity contribution >= 4 is 12.4 Å². The van der Waals surface area contributed by atoms with Crippen LogP contribution in [0.5, 0.6) is 0 Å². The van der Waals surface area contributed by atoms with E-state index in [2.05, 4.69) is 15.1 Å². The molecule has 0 radical (unpaired) electrons. The van der Waals surface area contributed by atoms with E-state index in [0.29, 0.717) is 28.8 Å². The zero-order valence-electron chi connectivity index (χ0n) is 15.6. The fourth-order valence-corrected chi connectivity index (χ4v) is 2.64. The number of aromatic nitrogens is 5. The minimum Gasteiger partial charge on any atom is -0.327 e. The minimum absolute atomic E-state index is 0. The minimum atomic E-state index is -4.51. The maximum atomic E-state index is 12.7. The van der Waals surface area contributed by atoms with Gasteiger partial charge in [0, 0.05) is 30.1 Å². The van der Waals surface area contributed by atoms with Gasteiger partial charge >= 0.3 is 11.9 Å². The highest BCUT2D eigenvalue weighted by atomic mass is 35.5. The molecule has 0 amide bonds. The second-order valence-corrected chi connectivity index (χ2v) is 6.21. The van der Waals surface area contributed by atoms with Gasteiger partial charge in [-0.25, -0.2) is 23.4 Å². The van der Waals surface area contributed by atoms with Crippen molar-refractivity contribution in [3.8, 4) is 16.9 Å². The molecule has 0 fully saturated rings. The quantitative estimate of drug-likeness (QED) is 0.611. The Morgan fingerprint density at radius 3 is 2.43 bits per heavy atom. The van der Waals surface area contributed by atoms with Crippen LogP contribution in [0.15, 0.2) is 53.6 Å². The summed E-state index contributed by atoms with van der Waals surface area (Å²) in [4.78, 5) is 20.2. The third kappa shape index (κ3) is 4.74. The van der Waals surface area contributed by atoms with Crippen LogP contribution >= 0.6 is 12.4 Å². The first-order valence-corrected chi connectivity index (χ1v) is 8.38. The van der Waals surface area contributed by atoms with E-state index in [-0.39, 0.29) is 31.1 Å². The first-order valence-electron chi connectivity index (χ1n) is 8.38. The third-order valence-electron chi connectivity index (χ3n) is 4.17. The Morgan fingerprint density at radius 1 is 1.20 bits per heavy atom. The molecule has 2 N–H and O–H groups in total. The van der Waals surface area contributed by atoms with E-state index in [0.717, 1.165) is 16.9 Å². The molecule has 0 unspecified atom stereocenters. The topological polar surface area (TPSA) is 91.6 Å². The SMILES string of the molecule is Cc1cc(-c2ccc(C(F)(F)F)nc2)cnc1-n1cnn(C/C(=C/F)CN)c1=O.Cl. The molecule has 3 rings (SSSR count). The Hall–Kier alpha value is -3.05. The largest absolute Gasteiger partial charge is 0.433 e. The van der Waals surface area contributed by atoms with Crippen LogP contribution in [-0.4, -0.2) is 30.9 Å². The second-order valence-electron chi connectivity index (χ2n) is 6.21. The number of aryl methyl sites for hydroxylation is 1. The van der Waals surface area contributed by atoms with Crippen LogP contribution in [-0.2, 0) is 12.7 Å². The van der Waals surface area contributed by atoms with Gasteiger partial charge < -0.3 is 5.73 Å². The van der Waals surface area contributed by atoms with E-state index in [9.17, 15) is 22.4 Å². The van der Waals surface area contributed by atoms with Gasteiger partial charge in [0.15, 0.2) is 0 Å². The molecule has 3 aromatic heterocycles. The average Bonchev–Trinajstić information content (AvgIpc) is 3.05. The predicted molar refractivity (Wildman–Crippen MR) is 104 cm³/mol. The van der Waals surface area contributed by atoms with Crippen LogP contribution in [0.25, 0.3) is 16.9 Å². The molecule has 7 nitrogen and oxygen atoms in total. The van der Waals surface area contributed by atoms with Gasteiger partial charge in [0.25, 0.3) is 0 Å². The molecule has 3 aromatic rings. The monoisotopic (exact) mass is 444 g/mol. The van der Waals surface area contributed by atoms with Crippen molar-refractivity contribution < 1.29 is 17.6 Å². The lowest BCUT2D eigenvalue weighted by atomic mass is 10.1. The summed E-state index contributed by atoms with van der Waals surface area (Å²) in [5, 5.41) is 3.93. The van der Waals surface area contributed by atoms with Gasteiger partial charge in [-0.3, -0.25) is 4.98 Å². The summed E-state index contributed by atoms with van der Waals surface area (Å²) >= 11 is 0. The maximum Gasteiger partial charge on any atom is 0.433 e. The lowest BCUT2D eigenvalue weighted by molar-refractivity contribution is -0.141. The Labute approximate surface area is 174 Å². The summed E-state index contributed by atoms with van der Waals surface area (Å²) in [6.45, 7) is 1.55. The molecule has 0 atom stereocenters. The summed E-state index contributed by atoms with van der Waals surface area (Å²) < 4.78 is 52.9. The zero-order chi connectivity index (χ0) is 21.2. The summed E-state index contributed by atoms with van der Waals surface area (Å²) in [5.41, 5.74) is 5.65. The van der Waals surface area contributed by atoms with E-state index in [4.69, 9.17) is 5.73 Å². The molecule has 160 valence electrons. The van der Waals surface area contributed by atoms with Crippen molar-refractivity contribution in [2.75, 3.05) is 6.54 Å². The summed E-state index contributed by atoms with van der Waals surface area (Å²) in [5.74, 6) is 0.295. The van der Waals surface area contributed by atoms with Crippen molar-refractivity contribution in [3.05, 3.63) is 70.6 Å². The van der Waals surface area contributed by atoms with Crippen LogP contribution in [0.2, 0.25) is 0 Å². The van der Waals surface area contributed by atoms with E-state index in [1.54, 1.807) is 13.0 Å². The summed E-state index contributed by atoms with van der Waals surface area (Å²) in [6, 6.07) is 3.86. The van der Waals surface area contributed by atoms with E-state index in [1.165, 1.54) is 23.2 Å². The zero-order valence-corrected chi connectivity index (χ0v) is 16.4. The lowest BCUT2D eigenvalue weighted by Crippen LogP contribution is -2.26. The van der Waals surface area contributed by atoms with Gasteiger partial charge in [-0.15, -0.1) is 12.4 Å². The molecule has 0 bridgehead atoms. The first kappa shape index (κ1) is 23.2. The van der Waals surface area contributed by atoms with Crippen LogP contribution in [0, 0.1) is 6.92 Å². The second kappa shape index (κ2) is 9.18. The molecule has 12 heteroatoms. The first-order chi connectivity index (χ1) is 13.7. The van der Waals surface area contributed by atoms with Gasteiger partial charge in [0.1, 0.15) is 17.8 Å². The van der Waals surface area contributed by atoms with Crippen molar-refractivity contribution in [1.82, 2.24) is 24.3 Å². The molecule has 0 aliphatic heterocycles. The standard InChI is InChI=1S/C18H16F4N6O.ClH/c1-11-4-14(13-2-3-15(24-7-13)18(20,21)22)8-25-16(11)27-10-26-28(17(27)29)9-12(5-19)6-23;/h2-5,7-8,10H,6,9,23H2,1H3;1H/b12-5+;. The van der Waals surface area contributed by atoms with Crippen LogP contribution in [0.3, 0.4) is 0 Å². The summed E-state index contributed by atoms with van der Waals surface area (Å²) in [6.07, 6.45) is -0.395. The molecular weight excluding hydrogens is 428 g/mol. The van der Waals surface area contributed by atoms with Gasteiger partial charge in [-0.05, 0) is 30.2 Å². The van der Waals surface area contributed by atoms with Crippen molar-refractivity contribution in [2.24, 2.45) is 5.73 Å². The third-order valence-corrected chi connectivity index (χ3v) is 4.17. The Morgan fingerprint density at radius 2 is 1.90 bits per heavy atom. The number of nitrogens with zero attached hydrogens (tertiary/aromatic N) is 5. The van der Waals surface area contributed by atoms with Gasteiger partial charge in [-0.1, -0.05) is 6.07 Å². The number of hydrogen-bond donors (Lipinski definition) is 1. The fourth-order valence-electron chi connectivity index (χ4n) is 2.64. The summed E-state index contributed by atoms with van der Waals surface area (Å²) in [7, 11) is 0. The maximum absolute atomic E-state index is 12.7. The smallest absolute Gasteiger partial charge is 0.327 e. The normalized spacial score (nSPS) is 12.0. The van der Waals surface area contributed by atoms with Crippen LogP contribution in [0.1, 0.15) is 11.3 Å². The predicted octanol–water partition coefficient (Wildman–Crippen LogP) is 3.05. The molecule has 0 saturated carbocycles. The molecule has 3 heterocycles. The van der Waals surface area contributed by atoms with Gasteiger partial charge in [0.2, 0.25) is 0 Å². The number of hydrogen-bond acceptors (Lipinski definition) is 5. The molecule has 0 spiro atoms. The average molecular weight is 445 g/mol. The lowest BCUT2D eigenvalue weighted by Gasteiger charge is -2.09. The van der Waals surface area contributed by atoms with Gasteiger partial charge in [-0.2, -0.15) is 18.3 Å². The van der Waals surface area contributed by atoms with Gasteiger partial charge in [0.05, 0.1) is 12.9 Å². The number of halogens is 5. The molecule has 30 heavy (non-hydrogen) atoms. The van der Waals surface area contributed by atoms with Crippen molar-refractivity contribution in [1.29, 1.82) is 0 Å². The Kier molecular flexibility index (Phi) is 7.11. The number of nitrogens with two attached hydrogens (primary N) is 1. The van der Waals surface area contributed by atoms with E-state index < -0.39 is 17.6 Å². The number of alkyl halides is 3. The highest BCUT2D eigenvalue weighted by Crippen LogP contribution is 2.29. The molecule has 0 aliphatic rings. The Balaban J connectivity index is 0.00000320. The molecule has 0 aromatic carbocycles. The van der Waals surface area contributed by atoms with Crippen LogP contribution in [0.4, 0.5) is 17.6 Å². The highest BCUT2D eigenvalue weighted by Gasteiger charge is 2.32. The molecule has 0 saturated heterocycles. The van der Waals surface area contributed by atoms with Crippen molar-refractivity contribution in [2.45, 2.75) is 19.6 Å². The van der Waals surface area contributed by atoms with Crippen LogP contribution < -0.4 is 11.4 Å². The van der Waals surface area contributed by atoms with Crippen molar-refractivity contribution in [3.63, 3.8) is 0 Å². The highest BCUT2D eigenvalue weighted by molar-refractivity contribution is 5.85. The van der Waals surface area contributed by atoms with E-state index >= 15 is 0 Å². The molecular formula is C18H17ClF4N6O. The number of pyridine rings is 2. The Bertz CT molecular complexity index is 1110.